The number of nitrogens with one attached hydrogen (secondary N) is 1. The van der Waals surface area contributed by atoms with E-state index in [1.54, 1.807) is 30.3 Å². The molecule has 1 saturated heterocycles. The van der Waals surface area contributed by atoms with Gasteiger partial charge in [0.25, 0.3) is 0 Å². The SMILES string of the molecule is N#C[C@H](Cc1ccc(OCCNC2C3CN(Cc4ccc(F)cc4F)C[C@@H]32)cc1)C(=O)O. The molecule has 4 atom stereocenters. The fraction of sp³-hybridized carbons (Fsp3) is 0.417. The second-order valence-electron chi connectivity index (χ2n) is 8.45. The highest BCUT2D eigenvalue weighted by atomic mass is 19.1. The van der Waals surface area contributed by atoms with E-state index in [1.807, 2.05) is 0 Å². The molecule has 6 nitrogen and oxygen atoms in total. The lowest BCUT2D eigenvalue weighted by Crippen LogP contribution is -2.33. The zero-order chi connectivity index (χ0) is 22.7. The van der Waals surface area contributed by atoms with Gasteiger partial charge in [0.15, 0.2) is 0 Å². The molecular weight excluding hydrogens is 416 g/mol. The predicted molar refractivity (Wildman–Crippen MR) is 113 cm³/mol. The van der Waals surface area contributed by atoms with E-state index in [0.717, 1.165) is 24.7 Å². The van der Waals surface area contributed by atoms with Crippen molar-refractivity contribution in [2.24, 2.45) is 17.8 Å². The lowest BCUT2D eigenvalue weighted by molar-refractivity contribution is -0.139. The van der Waals surface area contributed by atoms with Crippen LogP contribution in [0.15, 0.2) is 42.5 Å². The molecule has 4 rings (SSSR count). The normalized spacial score (nSPS) is 22.7. The Morgan fingerprint density at radius 3 is 2.56 bits per heavy atom. The Labute approximate surface area is 185 Å². The average Bonchev–Trinajstić information content (AvgIpc) is 3.22. The minimum atomic E-state index is -1.12. The van der Waals surface area contributed by atoms with Crippen LogP contribution < -0.4 is 10.1 Å². The summed E-state index contributed by atoms with van der Waals surface area (Å²) < 4.78 is 32.6. The van der Waals surface area contributed by atoms with E-state index in [4.69, 9.17) is 15.1 Å². The summed E-state index contributed by atoms with van der Waals surface area (Å²) in [6.45, 7) is 3.53. The van der Waals surface area contributed by atoms with Crippen LogP contribution in [-0.4, -0.2) is 48.3 Å². The molecule has 8 heteroatoms. The first kappa shape index (κ1) is 22.2. The third kappa shape index (κ3) is 5.23. The smallest absolute Gasteiger partial charge is 0.321 e. The van der Waals surface area contributed by atoms with Gasteiger partial charge in [-0.2, -0.15) is 5.26 Å². The highest BCUT2D eigenvalue weighted by Crippen LogP contribution is 2.45. The number of ether oxygens (including phenoxy) is 1. The molecule has 0 spiro atoms. The predicted octanol–water partition coefficient (Wildman–Crippen LogP) is 2.83. The van der Waals surface area contributed by atoms with Crippen molar-refractivity contribution in [1.29, 1.82) is 5.26 Å². The molecule has 0 aromatic heterocycles. The van der Waals surface area contributed by atoms with Crippen LogP contribution in [0, 0.1) is 40.7 Å². The molecule has 0 bridgehead atoms. The highest BCUT2D eigenvalue weighted by Gasteiger charge is 2.55. The number of carbonyl (C=O) groups is 1. The molecule has 2 aromatic rings. The van der Waals surface area contributed by atoms with Crippen LogP contribution in [0.25, 0.3) is 0 Å². The number of fused-ring (bicyclic) bond motifs is 1. The number of benzene rings is 2. The molecule has 168 valence electrons. The maximum absolute atomic E-state index is 13.8. The number of halogens is 2. The summed E-state index contributed by atoms with van der Waals surface area (Å²) in [5.74, 6) is -1.40. The Balaban J connectivity index is 1.13. The second-order valence-corrected chi connectivity index (χ2v) is 8.45. The second kappa shape index (κ2) is 9.63. The van der Waals surface area contributed by atoms with Crippen molar-refractivity contribution in [3.05, 3.63) is 65.2 Å². The molecule has 0 radical (unpaired) electrons. The zero-order valence-electron chi connectivity index (χ0n) is 17.5. The summed E-state index contributed by atoms with van der Waals surface area (Å²) in [4.78, 5) is 13.2. The Hall–Kier alpha value is -3.02. The number of hydrogen-bond donors (Lipinski definition) is 2. The van der Waals surface area contributed by atoms with Crippen molar-refractivity contribution in [3.63, 3.8) is 0 Å². The average molecular weight is 441 g/mol. The minimum absolute atomic E-state index is 0.170. The number of aliphatic carboxylic acids is 1. The Morgan fingerprint density at radius 1 is 1.22 bits per heavy atom. The fourth-order valence-corrected chi connectivity index (χ4v) is 4.48. The van der Waals surface area contributed by atoms with Crippen molar-refractivity contribution < 1.29 is 23.4 Å². The zero-order valence-corrected chi connectivity index (χ0v) is 17.5. The Bertz CT molecular complexity index is 997. The molecule has 2 unspecified atom stereocenters. The molecule has 1 heterocycles. The van der Waals surface area contributed by atoms with Crippen molar-refractivity contribution in [2.45, 2.75) is 19.0 Å². The van der Waals surface area contributed by atoms with E-state index < -0.39 is 23.5 Å². The molecule has 1 aliphatic carbocycles. The third-order valence-corrected chi connectivity index (χ3v) is 6.25. The number of likely N-dealkylation sites (tertiary alicyclic amines) is 1. The number of rotatable bonds is 10. The molecule has 32 heavy (non-hydrogen) atoms. The standard InChI is InChI=1S/C24H25F2N3O3/c25-18-4-3-16(22(26)10-18)12-29-13-20-21(14-29)23(20)28-7-8-32-19-5-1-15(2-6-19)9-17(11-27)24(30)31/h1-6,10,17,20-21,23,28H,7-9,12-14H2,(H,30,31)/t17-,20-,21?,23?/m0/s1. The van der Waals surface area contributed by atoms with Crippen molar-refractivity contribution in [1.82, 2.24) is 10.2 Å². The van der Waals surface area contributed by atoms with Gasteiger partial charge in [-0.25, -0.2) is 8.78 Å². The van der Waals surface area contributed by atoms with Gasteiger partial charge in [-0.1, -0.05) is 18.2 Å². The van der Waals surface area contributed by atoms with Crippen LogP contribution in [0.2, 0.25) is 0 Å². The first-order valence-electron chi connectivity index (χ1n) is 10.7. The van der Waals surface area contributed by atoms with E-state index in [2.05, 4.69) is 10.2 Å². The van der Waals surface area contributed by atoms with Crippen molar-refractivity contribution >= 4 is 5.97 Å². The number of carboxylic acid groups (broad SMARTS) is 1. The van der Waals surface area contributed by atoms with Gasteiger partial charge in [-0.3, -0.25) is 9.69 Å². The molecule has 2 N–H and O–H groups in total. The summed E-state index contributed by atoms with van der Waals surface area (Å²) in [5.41, 5.74) is 1.31. The fourth-order valence-electron chi connectivity index (χ4n) is 4.48. The molecule has 2 fully saturated rings. The quantitative estimate of drug-likeness (QED) is 0.552. The van der Waals surface area contributed by atoms with Gasteiger partial charge in [-0.05, 0) is 42.0 Å². The van der Waals surface area contributed by atoms with Crippen LogP contribution in [0.5, 0.6) is 5.75 Å². The molecule has 1 saturated carbocycles. The van der Waals surface area contributed by atoms with Crippen LogP contribution >= 0.6 is 0 Å². The number of nitrogens with zero attached hydrogens (tertiary/aromatic N) is 2. The van der Waals surface area contributed by atoms with Gasteiger partial charge in [0.2, 0.25) is 0 Å². The summed E-state index contributed by atoms with van der Waals surface area (Å²) >= 11 is 0. The van der Waals surface area contributed by atoms with Crippen molar-refractivity contribution in [2.75, 3.05) is 26.2 Å². The van der Waals surface area contributed by atoms with Crippen LogP contribution in [0.4, 0.5) is 8.78 Å². The lowest BCUT2D eigenvalue weighted by atomic mass is 10.0. The first-order chi connectivity index (χ1) is 15.4. The highest BCUT2D eigenvalue weighted by molar-refractivity contribution is 5.73. The van der Waals surface area contributed by atoms with Crippen LogP contribution in [0.1, 0.15) is 11.1 Å². The minimum Gasteiger partial charge on any atom is -0.492 e. The monoisotopic (exact) mass is 441 g/mol. The summed E-state index contributed by atoms with van der Waals surface area (Å²) in [5, 5.41) is 21.3. The molecular formula is C24H25F2N3O3. The number of nitriles is 1. The van der Waals surface area contributed by atoms with E-state index in [9.17, 15) is 13.6 Å². The van der Waals surface area contributed by atoms with Gasteiger partial charge in [0.1, 0.15) is 29.9 Å². The molecule has 0 amide bonds. The Morgan fingerprint density at radius 2 is 1.94 bits per heavy atom. The maximum Gasteiger partial charge on any atom is 0.321 e. The summed E-state index contributed by atoms with van der Waals surface area (Å²) in [6, 6.07) is 13.1. The molecule has 2 aliphatic rings. The lowest BCUT2D eigenvalue weighted by Gasteiger charge is -2.20. The van der Waals surface area contributed by atoms with E-state index in [1.165, 1.54) is 12.1 Å². The molecule has 2 aromatic carbocycles. The summed E-state index contributed by atoms with van der Waals surface area (Å²) in [7, 11) is 0. The van der Waals surface area contributed by atoms with Crippen molar-refractivity contribution in [3.8, 4) is 11.8 Å². The number of carboxylic acids is 1. The summed E-state index contributed by atoms with van der Waals surface area (Å²) in [6.07, 6.45) is 0.170. The van der Waals surface area contributed by atoms with E-state index in [-0.39, 0.29) is 6.42 Å². The third-order valence-electron chi connectivity index (χ3n) is 6.25. The maximum atomic E-state index is 13.8. The van der Waals surface area contributed by atoms with E-state index in [0.29, 0.717) is 48.9 Å². The largest absolute Gasteiger partial charge is 0.492 e. The van der Waals surface area contributed by atoms with Crippen LogP contribution in [-0.2, 0) is 17.8 Å². The van der Waals surface area contributed by atoms with Gasteiger partial charge >= 0.3 is 5.97 Å². The topological polar surface area (TPSA) is 85.6 Å². The number of piperidine rings is 1. The number of hydrogen-bond acceptors (Lipinski definition) is 5. The van der Waals surface area contributed by atoms with Gasteiger partial charge in [0, 0.05) is 43.9 Å². The van der Waals surface area contributed by atoms with Gasteiger partial charge in [0.05, 0.1) is 6.07 Å². The van der Waals surface area contributed by atoms with Gasteiger partial charge in [-0.15, -0.1) is 0 Å². The Kier molecular flexibility index (Phi) is 6.68. The first-order valence-corrected chi connectivity index (χ1v) is 10.7. The molecule has 1 aliphatic heterocycles. The van der Waals surface area contributed by atoms with E-state index >= 15 is 0 Å². The van der Waals surface area contributed by atoms with Gasteiger partial charge < -0.3 is 15.2 Å². The van der Waals surface area contributed by atoms with Crippen LogP contribution in [0.3, 0.4) is 0 Å².